The predicted octanol–water partition coefficient (Wildman–Crippen LogP) is 4.29. The van der Waals surface area contributed by atoms with Crippen molar-refractivity contribution in [1.29, 1.82) is 0 Å². The number of hydrogen-bond acceptors (Lipinski definition) is 4. The Morgan fingerprint density at radius 2 is 1.80 bits per heavy atom. The summed E-state index contributed by atoms with van der Waals surface area (Å²) in [6.07, 6.45) is 3.38. The topological polar surface area (TPSA) is 35.1 Å². The summed E-state index contributed by atoms with van der Waals surface area (Å²) in [5.41, 5.74) is 0.507. The highest BCUT2D eigenvalue weighted by Crippen LogP contribution is 2.20. The first-order valence-electron chi connectivity index (χ1n) is 5.50. The van der Waals surface area contributed by atoms with Gasteiger partial charge in [-0.25, -0.2) is 9.55 Å². The zero-order valence-electron chi connectivity index (χ0n) is 9.83. The molecule has 0 atom stereocenters. The lowest BCUT2D eigenvalue weighted by Gasteiger charge is -2.10. The molecule has 3 heterocycles. The van der Waals surface area contributed by atoms with Crippen LogP contribution in [0.25, 0.3) is 11.5 Å². The molecule has 8 heteroatoms. The van der Waals surface area contributed by atoms with Gasteiger partial charge in [0.1, 0.15) is 0 Å². The highest BCUT2D eigenvalue weighted by atomic mass is 35.5. The van der Waals surface area contributed by atoms with Crippen molar-refractivity contribution >= 4 is 53.3 Å². The van der Waals surface area contributed by atoms with Gasteiger partial charge in [0.15, 0.2) is 16.2 Å². The molecule has 0 spiro atoms. The molecule has 3 rings (SSSR count). The first-order valence-corrected chi connectivity index (χ1v) is 7.07. The van der Waals surface area contributed by atoms with Gasteiger partial charge in [0.05, 0.1) is 10.0 Å². The fourth-order valence-corrected chi connectivity index (χ4v) is 2.84. The summed E-state index contributed by atoms with van der Waals surface area (Å²) in [7, 11) is 0. The van der Waals surface area contributed by atoms with Gasteiger partial charge < -0.3 is 0 Å². The Bertz CT molecular complexity index is 933. The first kappa shape index (κ1) is 13.6. The maximum absolute atomic E-state index is 6.15. The lowest BCUT2D eigenvalue weighted by Crippen LogP contribution is -2.09. The molecule has 0 amide bonds. The third-order valence-corrected chi connectivity index (χ3v) is 3.90. The second kappa shape index (κ2) is 5.21. The summed E-state index contributed by atoms with van der Waals surface area (Å²) in [5.74, 6) is 0.450. The van der Waals surface area contributed by atoms with Gasteiger partial charge in [0, 0.05) is 12.4 Å². The van der Waals surface area contributed by atoms with Crippen molar-refractivity contribution in [2.24, 2.45) is 0 Å². The van der Waals surface area contributed by atoms with Crippen LogP contribution >= 0.6 is 47.6 Å². The van der Waals surface area contributed by atoms with Crippen LogP contribution in [0.1, 0.15) is 0 Å². The van der Waals surface area contributed by atoms with Gasteiger partial charge in [-0.1, -0.05) is 23.2 Å². The summed E-state index contributed by atoms with van der Waals surface area (Å²) in [5, 5.41) is 0.919. The van der Waals surface area contributed by atoms with Crippen LogP contribution in [0.5, 0.6) is 0 Å². The van der Waals surface area contributed by atoms with Gasteiger partial charge in [-0.05, 0) is 48.7 Å². The van der Waals surface area contributed by atoms with Crippen molar-refractivity contribution in [2.45, 2.75) is 0 Å². The monoisotopic (exact) mass is 340 g/mol. The zero-order chi connectivity index (χ0) is 14.3. The molecule has 4 nitrogen and oxygen atoms in total. The Balaban J connectivity index is 2.48. The summed E-state index contributed by atoms with van der Waals surface area (Å²) >= 11 is 23.0. The van der Waals surface area contributed by atoms with Crippen molar-refractivity contribution in [1.82, 2.24) is 18.9 Å². The standard InChI is InChI=1S/C12H6Cl2N4S2/c13-7-3-1-5-15-9(7)18-11(19)16-10-8(14)4-2-6-17(10)12(18)20/h1-6H. The van der Waals surface area contributed by atoms with Gasteiger partial charge in [-0.2, -0.15) is 4.98 Å². The van der Waals surface area contributed by atoms with E-state index in [2.05, 4.69) is 9.97 Å². The van der Waals surface area contributed by atoms with E-state index in [1.54, 1.807) is 41.1 Å². The zero-order valence-corrected chi connectivity index (χ0v) is 13.0. The largest absolute Gasteiger partial charge is 0.276 e. The Kier molecular flexibility index (Phi) is 3.55. The number of halogens is 2. The second-order valence-electron chi connectivity index (χ2n) is 3.87. The Morgan fingerprint density at radius 3 is 2.55 bits per heavy atom. The molecule has 0 fully saturated rings. The number of nitrogens with zero attached hydrogens (tertiary/aromatic N) is 4. The van der Waals surface area contributed by atoms with Gasteiger partial charge in [-0.15, -0.1) is 0 Å². The average Bonchev–Trinajstić information content (AvgIpc) is 2.42. The minimum Gasteiger partial charge on any atom is -0.276 e. The van der Waals surface area contributed by atoms with Crippen LogP contribution in [0.4, 0.5) is 0 Å². The van der Waals surface area contributed by atoms with Crippen LogP contribution in [0, 0.1) is 9.54 Å². The normalized spacial score (nSPS) is 10.9. The summed E-state index contributed by atoms with van der Waals surface area (Å²) in [6.45, 7) is 0. The molecular formula is C12H6Cl2N4S2. The van der Waals surface area contributed by atoms with Gasteiger partial charge in [-0.3, -0.25) is 4.40 Å². The fraction of sp³-hybridized carbons (Fsp3) is 0. The van der Waals surface area contributed by atoms with Crippen LogP contribution < -0.4 is 0 Å². The van der Waals surface area contributed by atoms with E-state index >= 15 is 0 Å². The molecule has 0 unspecified atom stereocenters. The molecule has 3 aromatic heterocycles. The fourth-order valence-electron chi connectivity index (χ4n) is 1.79. The van der Waals surface area contributed by atoms with Crippen molar-refractivity contribution < 1.29 is 0 Å². The summed E-state index contributed by atoms with van der Waals surface area (Å²) in [6, 6.07) is 6.95. The molecule has 0 bridgehead atoms. The van der Waals surface area contributed by atoms with Crippen molar-refractivity contribution in [2.75, 3.05) is 0 Å². The summed E-state index contributed by atoms with van der Waals surface area (Å²) in [4.78, 5) is 8.51. The number of pyridine rings is 2. The first-order chi connectivity index (χ1) is 9.59. The van der Waals surface area contributed by atoms with E-state index in [4.69, 9.17) is 47.6 Å². The van der Waals surface area contributed by atoms with Crippen LogP contribution in [0.2, 0.25) is 10.0 Å². The van der Waals surface area contributed by atoms with E-state index in [9.17, 15) is 0 Å². The molecule has 0 N–H and O–H groups in total. The van der Waals surface area contributed by atoms with Gasteiger partial charge in [0.2, 0.25) is 4.77 Å². The molecular weight excluding hydrogens is 335 g/mol. The highest BCUT2D eigenvalue weighted by molar-refractivity contribution is 7.72. The quantitative estimate of drug-likeness (QED) is 0.619. The molecule has 0 saturated carbocycles. The molecule has 0 aliphatic carbocycles. The maximum atomic E-state index is 6.15. The van der Waals surface area contributed by atoms with E-state index in [0.717, 1.165) is 0 Å². The number of rotatable bonds is 1. The van der Waals surface area contributed by atoms with E-state index in [0.29, 0.717) is 26.3 Å². The maximum Gasteiger partial charge on any atom is 0.209 e. The second-order valence-corrected chi connectivity index (χ2v) is 5.42. The summed E-state index contributed by atoms with van der Waals surface area (Å²) < 4.78 is 3.86. The lowest BCUT2D eigenvalue weighted by atomic mass is 10.4. The minimum absolute atomic E-state index is 0.253. The average molecular weight is 341 g/mol. The molecule has 20 heavy (non-hydrogen) atoms. The van der Waals surface area contributed by atoms with Gasteiger partial charge in [0.25, 0.3) is 0 Å². The van der Waals surface area contributed by atoms with Crippen molar-refractivity contribution in [3.63, 3.8) is 0 Å². The smallest absolute Gasteiger partial charge is 0.209 e. The predicted molar refractivity (Wildman–Crippen MR) is 84.0 cm³/mol. The molecule has 100 valence electrons. The van der Waals surface area contributed by atoms with Crippen LogP contribution in [-0.4, -0.2) is 18.9 Å². The van der Waals surface area contributed by atoms with Gasteiger partial charge >= 0.3 is 0 Å². The molecule has 0 aliphatic rings. The van der Waals surface area contributed by atoms with Crippen molar-refractivity contribution in [3.8, 4) is 5.82 Å². The molecule has 0 saturated heterocycles. The molecule has 3 aromatic rings. The molecule has 0 aliphatic heterocycles. The number of fused-ring (bicyclic) bond motifs is 1. The molecule has 0 radical (unpaired) electrons. The SMILES string of the molecule is S=c1nc2c(Cl)cccn2c(=S)n1-c1ncccc1Cl. The van der Waals surface area contributed by atoms with Crippen LogP contribution in [-0.2, 0) is 0 Å². The van der Waals surface area contributed by atoms with E-state index in [-0.39, 0.29) is 4.77 Å². The highest BCUT2D eigenvalue weighted by Gasteiger charge is 2.10. The lowest BCUT2D eigenvalue weighted by molar-refractivity contribution is 0.832. The minimum atomic E-state index is 0.253. The Labute approximate surface area is 134 Å². The van der Waals surface area contributed by atoms with Crippen LogP contribution in [0.3, 0.4) is 0 Å². The van der Waals surface area contributed by atoms with E-state index < -0.39 is 0 Å². The van der Waals surface area contributed by atoms with E-state index in [1.165, 1.54) is 4.57 Å². The third kappa shape index (κ3) is 2.14. The Hall–Kier alpha value is -1.34. The number of hydrogen-bond donors (Lipinski definition) is 0. The third-order valence-electron chi connectivity index (χ3n) is 2.66. The van der Waals surface area contributed by atoms with Crippen molar-refractivity contribution in [3.05, 3.63) is 56.2 Å². The number of aromatic nitrogens is 4. The van der Waals surface area contributed by atoms with E-state index in [1.807, 2.05) is 0 Å². The Morgan fingerprint density at radius 1 is 1.05 bits per heavy atom. The van der Waals surface area contributed by atoms with Crippen LogP contribution in [0.15, 0.2) is 36.7 Å². The molecule has 0 aromatic carbocycles.